The highest BCUT2D eigenvalue weighted by Crippen LogP contribution is 2.36. The molecule has 14 heteroatoms. The molecule has 3 aromatic rings. The molecule has 37 heavy (non-hydrogen) atoms. The monoisotopic (exact) mass is 546 g/mol. The Morgan fingerprint density at radius 2 is 1.81 bits per heavy atom. The molecule has 1 aliphatic rings. The summed E-state index contributed by atoms with van der Waals surface area (Å²) < 4.78 is 52.5. The Bertz CT molecular complexity index is 1460. The molecule has 0 spiro atoms. The lowest BCUT2D eigenvalue weighted by molar-refractivity contribution is 0.261. The molecular weight excluding hydrogens is 527 g/mol. The smallest absolute Gasteiger partial charge is 0.325 e. The molecule has 3 N–H and O–H groups in total. The highest BCUT2D eigenvalue weighted by molar-refractivity contribution is 7.92. The fraction of sp³-hybridized carbons (Fsp3) is 0.217. The summed E-state index contributed by atoms with van der Waals surface area (Å²) in [7, 11) is -4.09. The molecule has 2 aromatic carbocycles. The first-order chi connectivity index (χ1) is 17.7. The standard InChI is InChI=1S/C23H20ClFN6O5S/c24-16-10-18-20(11-17(16)31-37(33,34)15-6-4-14(25)5-7-15)35-8-2-1-3-9-36-22-19(12-26)27-13-21(29-22)30-23(32)28-18/h4-7,10-11,13,31H,1-3,8-9H2,(H2,28,29,30,32). The van der Waals surface area contributed by atoms with Crippen molar-refractivity contribution in [2.24, 2.45) is 0 Å². The molecule has 1 aliphatic heterocycles. The van der Waals surface area contributed by atoms with Gasteiger partial charge in [-0.3, -0.25) is 10.0 Å². The summed E-state index contributed by atoms with van der Waals surface area (Å²) in [5.74, 6) is -0.368. The third-order valence-corrected chi connectivity index (χ3v) is 6.75. The van der Waals surface area contributed by atoms with E-state index in [1.807, 2.05) is 6.07 Å². The van der Waals surface area contributed by atoms with Crippen molar-refractivity contribution in [1.82, 2.24) is 9.97 Å². The van der Waals surface area contributed by atoms with Gasteiger partial charge in [0.1, 0.15) is 17.6 Å². The topological polar surface area (TPSA) is 155 Å². The van der Waals surface area contributed by atoms with Gasteiger partial charge in [0, 0.05) is 6.07 Å². The van der Waals surface area contributed by atoms with Crippen LogP contribution in [0.3, 0.4) is 0 Å². The van der Waals surface area contributed by atoms with Gasteiger partial charge in [0.05, 0.1) is 40.7 Å². The zero-order valence-corrected chi connectivity index (χ0v) is 20.7. The van der Waals surface area contributed by atoms with Gasteiger partial charge in [0.15, 0.2) is 5.82 Å². The molecule has 11 nitrogen and oxygen atoms in total. The average Bonchev–Trinajstić information content (AvgIpc) is 2.86. The number of anilines is 3. The van der Waals surface area contributed by atoms with E-state index in [-0.39, 0.29) is 57.6 Å². The molecule has 2 bridgehead atoms. The van der Waals surface area contributed by atoms with E-state index >= 15 is 0 Å². The van der Waals surface area contributed by atoms with Gasteiger partial charge in [0.2, 0.25) is 5.69 Å². The van der Waals surface area contributed by atoms with Crippen molar-refractivity contribution in [1.29, 1.82) is 5.26 Å². The Morgan fingerprint density at radius 1 is 1.08 bits per heavy atom. The number of carbonyl (C=O) groups excluding carboxylic acids is 1. The Balaban J connectivity index is 1.62. The van der Waals surface area contributed by atoms with Gasteiger partial charge in [-0.25, -0.2) is 22.6 Å². The van der Waals surface area contributed by atoms with E-state index in [2.05, 4.69) is 25.3 Å². The maximum Gasteiger partial charge on any atom is 0.325 e. The number of nitriles is 1. The fourth-order valence-electron chi connectivity index (χ4n) is 3.28. The van der Waals surface area contributed by atoms with Crippen molar-refractivity contribution in [2.45, 2.75) is 24.2 Å². The fourth-order valence-corrected chi connectivity index (χ4v) is 4.62. The Kier molecular flexibility index (Phi) is 7.90. The second kappa shape index (κ2) is 11.3. The van der Waals surface area contributed by atoms with E-state index in [0.717, 1.165) is 24.3 Å². The van der Waals surface area contributed by atoms with Gasteiger partial charge in [-0.15, -0.1) is 0 Å². The number of rotatable bonds is 3. The molecule has 0 fully saturated rings. The van der Waals surface area contributed by atoms with E-state index in [0.29, 0.717) is 19.3 Å². The van der Waals surface area contributed by atoms with Gasteiger partial charge in [0.25, 0.3) is 15.9 Å². The number of aromatic nitrogens is 2. The Hall–Kier alpha value is -4.15. The van der Waals surface area contributed by atoms with E-state index in [1.165, 1.54) is 18.3 Å². The molecule has 4 rings (SSSR count). The van der Waals surface area contributed by atoms with Crippen LogP contribution in [0.1, 0.15) is 25.0 Å². The maximum atomic E-state index is 13.2. The van der Waals surface area contributed by atoms with Crippen molar-refractivity contribution in [3.05, 3.63) is 59.1 Å². The van der Waals surface area contributed by atoms with Crippen LogP contribution in [-0.4, -0.2) is 37.6 Å². The summed E-state index contributed by atoms with van der Waals surface area (Å²) >= 11 is 6.33. The summed E-state index contributed by atoms with van der Waals surface area (Å²) in [5.41, 5.74) is 0.160. The molecule has 0 unspecified atom stereocenters. The summed E-state index contributed by atoms with van der Waals surface area (Å²) in [4.78, 5) is 20.6. The lowest BCUT2D eigenvalue weighted by Crippen LogP contribution is -2.21. The lowest BCUT2D eigenvalue weighted by Gasteiger charge is -2.17. The quantitative estimate of drug-likeness (QED) is 0.433. The van der Waals surface area contributed by atoms with Crippen LogP contribution in [0.15, 0.2) is 47.5 Å². The minimum absolute atomic E-state index is 0.000803. The van der Waals surface area contributed by atoms with Crippen LogP contribution in [0.5, 0.6) is 11.6 Å². The first kappa shape index (κ1) is 25.9. The normalized spacial score (nSPS) is 14.2. The number of sulfonamides is 1. The molecule has 0 saturated heterocycles. The van der Waals surface area contributed by atoms with Gasteiger partial charge in [-0.1, -0.05) is 11.6 Å². The molecule has 0 aliphatic carbocycles. The number of hydrogen-bond acceptors (Lipinski definition) is 8. The summed E-state index contributed by atoms with van der Waals surface area (Å²) in [6.45, 7) is 0.527. The van der Waals surface area contributed by atoms with Crippen molar-refractivity contribution in [2.75, 3.05) is 28.6 Å². The predicted octanol–water partition coefficient (Wildman–Crippen LogP) is 4.53. The molecule has 0 radical (unpaired) electrons. The highest BCUT2D eigenvalue weighted by Gasteiger charge is 2.20. The third kappa shape index (κ3) is 6.54. The van der Waals surface area contributed by atoms with E-state index in [1.54, 1.807) is 0 Å². The van der Waals surface area contributed by atoms with Crippen molar-refractivity contribution in [3.8, 4) is 17.7 Å². The predicted molar refractivity (Wildman–Crippen MR) is 133 cm³/mol. The molecule has 1 aromatic heterocycles. The number of nitrogens with zero attached hydrogens (tertiary/aromatic N) is 3. The van der Waals surface area contributed by atoms with Gasteiger partial charge in [-0.05, 0) is 49.6 Å². The zero-order chi connectivity index (χ0) is 26.4. The Morgan fingerprint density at radius 3 is 2.54 bits per heavy atom. The number of carbonyl (C=O) groups is 1. The number of fused-ring (bicyclic) bond motifs is 3. The third-order valence-electron chi connectivity index (χ3n) is 5.06. The number of halogens is 2. The van der Waals surface area contributed by atoms with E-state index < -0.39 is 21.9 Å². The van der Waals surface area contributed by atoms with Crippen LogP contribution in [-0.2, 0) is 10.0 Å². The SMILES string of the molecule is N#Cc1ncc2nc1OCCCCCOc1cc(NS(=O)(=O)c3ccc(F)cc3)c(Cl)cc1NC(=O)N2. The molecule has 2 amide bonds. The minimum Gasteiger partial charge on any atom is -0.491 e. The van der Waals surface area contributed by atoms with Crippen LogP contribution in [0.25, 0.3) is 0 Å². The van der Waals surface area contributed by atoms with Crippen molar-refractivity contribution >= 4 is 44.8 Å². The van der Waals surface area contributed by atoms with Crippen molar-refractivity contribution < 1.29 is 27.1 Å². The molecule has 2 heterocycles. The van der Waals surface area contributed by atoms with Gasteiger partial charge in [-0.2, -0.15) is 10.2 Å². The summed E-state index contributed by atoms with van der Waals surface area (Å²) in [6, 6.07) is 8.14. The zero-order valence-electron chi connectivity index (χ0n) is 19.1. The number of ether oxygens (including phenoxy) is 2. The molecule has 0 saturated carbocycles. The van der Waals surface area contributed by atoms with Crippen LogP contribution >= 0.6 is 11.6 Å². The number of nitrogens with one attached hydrogen (secondary N) is 3. The number of benzene rings is 2. The van der Waals surface area contributed by atoms with Crippen molar-refractivity contribution in [3.63, 3.8) is 0 Å². The largest absolute Gasteiger partial charge is 0.491 e. The molecule has 192 valence electrons. The van der Waals surface area contributed by atoms with E-state index in [9.17, 15) is 22.9 Å². The second-order valence-corrected chi connectivity index (χ2v) is 9.83. The number of hydrogen-bond donors (Lipinski definition) is 3. The molecular formula is C23H20ClFN6O5S. The average molecular weight is 547 g/mol. The van der Waals surface area contributed by atoms with Gasteiger partial charge >= 0.3 is 6.03 Å². The minimum atomic E-state index is -4.09. The number of amides is 2. The summed E-state index contributed by atoms with van der Waals surface area (Å²) in [5, 5.41) is 14.3. The second-order valence-electron chi connectivity index (χ2n) is 7.75. The van der Waals surface area contributed by atoms with E-state index in [4.69, 9.17) is 21.1 Å². The highest BCUT2D eigenvalue weighted by atomic mass is 35.5. The first-order valence-electron chi connectivity index (χ1n) is 11.0. The maximum absolute atomic E-state index is 13.2. The first-order valence-corrected chi connectivity index (χ1v) is 12.8. The van der Waals surface area contributed by atoms with Crippen LogP contribution in [0.4, 0.5) is 26.4 Å². The van der Waals surface area contributed by atoms with Crippen LogP contribution in [0.2, 0.25) is 5.02 Å². The van der Waals surface area contributed by atoms with Crippen LogP contribution in [0, 0.1) is 17.1 Å². The lowest BCUT2D eigenvalue weighted by atomic mass is 10.2. The summed E-state index contributed by atoms with van der Waals surface area (Å²) in [6.07, 6.45) is 3.18. The Labute approximate surface area is 216 Å². The van der Waals surface area contributed by atoms with Gasteiger partial charge < -0.3 is 14.8 Å². The number of urea groups is 1. The van der Waals surface area contributed by atoms with Crippen LogP contribution < -0.4 is 24.8 Å². The molecule has 0 atom stereocenters.